The average molecular weight is 320 g/mol. The molecule has 3 aromatic rings. The second kappa shape index (κ2) is 6.17. The smallest absolute Gasteiger partial charge is 0.210 e. The van der Waals surface area contributed by atoms with Gasteiger partial charge in [0.15, 0.2) is 5.78 Å². The third-order valence-electron chi connectivity index (χ3n) is 3.98. The highest BCUT2D eigenvalue weighted by molar-refractivity contribution is 6.17. The number of aryl methyl sites for hydroxylation is 2. The van der Waals surface area contributed by atoms with Crippen LogP contribution in [0, 0.1) is 11.3 Å². The number of fused-ring (bicyclic) bond motifs is 1. The molecule has 0 aliphatic rings. The van der Waals surface area contributed by atoms with Gasteiger partial charge in [0.1, 0.15) is 11.3 Å². The molecule has 0 saturated carbocycles. The van der Waals surface area contributed by atoms with Gasteiger partial charge in [-0.2, -0.15) is 5.26 Å². The highest BCUT2D eigenvalue weighted by atomic mass is 16.3. The Morgan fingerprint density at radius 3 is 2.71 bits per heavy atom. The zero-order valence-electron chi connectivity index (χ0n) is 13.5. The highest BCUT2D eigenvalue weighted by Gasteiger charge is 2.23. The predicted octanol–water partition coefficient (Wildman–Crippen LogP) is 3.76. The lowest BCUT2D eigenvalue weighted by Gasteiger charge is -2.07. The number of hydrogen-bond donors (Lipinski definition) is 1. The SMILES string of the molecule is CCc1nc(O)ccc1C(=O)c1c(CC)oc2cc(C#N)ccc12. The van der Waals surface area contributed by atoms with Crippen molar-refractivity contribution in [1.29, 1.82) is 5.26 Å². The van der Waals surface area contributed by atoms with Gasteiger partial charge >= 0.3 is 0 Å². The summed E-state index contributed by atoms with van der Waals surface area (Å²) >= 11 is 0. The summed E-state index contributed by atoms with van der Waals surface area (Å²) in [5.74, 6) is 0.301. The van der Waals surface area contributed by atoms with Gasteiger partial charge in [-0.1, -0.05) is 13.8 Å². The molecular weight excluding hydrogens is 304 g/mol. The van der Waals surface area contributed by atoms with Crippen molar-refractivity contribution in [3.8, 4) is 11.9 Å². The van der Waals surface area contributed by atoms with Gasteiger partial charge in [0, 0.05) is 23.4 Å². The molecule has 5 heteroatoms. The number of ketones is 1. The minimum atomic E-state index is -0.181. The van der Waals surface area contributed by atoms with Crippen LogP contribution in [0.2, 0.25) is 0 Å². The largest absolute Gasteiger partial charge is 0.493 e. The van der Waals surface area contributed by atoms with E-state index in [-0.39, 0.29) is 11.7 Å². The Labute approximate surface area is 139 Å². The molecule has 0 atom stereocenters. The van der Waals surface area contributed by atoms with Crippen LogP contribution in [0.3, 0.4) is 0 Å². The number of rotatable bonds is 4. The van der Waals surface area contributed by atoms with E-state index in [2.05, 4.69) is 11.1 Å². The van der Waals surface area contributed by atoms with Crippen molar-refractivity contribution in [2.45, 2.75) is 26.7 Å². The molecule has 2 heterocycles. The summed E-state index contributed by atoms with van der Waals surface area (Å²) in [7, 11) is 0. The van der Waals surface area contributed by atoms with Crippen LogP contribution in [0.5, 0.6) is 5.88 Å². The molecule has 0 radical (unpaired) electrons. The summed E-state index contributed by atoms with van der Waals surface area (Å²) in [6.07, 6.45) is 1.09. The molecule has 0 bridgehead atoms. The van der Waals surface area contributed by atoms with Crippen LogP contribution in [-0.2, 0) is 12.8 Å². The molecule has 0 saturated heterocycles. The van der Waals surface area contributed by atoms with E-state index in [0.717, 1.165) is 0 Å². The van der Waals surface area contributed by atoms with Crippen LogP contribution in [0.15, 0.2) is 34.7 Å². The number of carbonyl (C=O) groups is 1. The van der Waals surface area contributed by atoms with Crippen molar-refractivity contribution in [2.75, 3.05) is 0 Å². The van der Waals surface area contributed by atoms with Crippen molar-refractivity contribution in [2.24, 2.45) is 0 Å². The Hall–Kier alpha value is -3.13. The molecule has 1 N–H and O–H groups in total. The maximum absolute atomic E-state index is 13.1. The fourth-order valence-electron chi connectivity index (χ4n) is 2.82. The van der Waals surface area contributed by atoms with E-state index >= 15 is 0 Å². The van der Waals surface area contributed by atoms with E-state index in [1.165, 1.54) is 6.07 Å². The van der Waals surface area contributed by atoms with Gasteiger partial charge in [0.25, 0.3) is 0 Å². The normalized spacial score (nSPS) is 10.7. The first kappa shape index (κ1) is 15.8. The monoisotopic (exact) mass is 320 g/mol. The molecule has 5 nitrogen and oxygen atoms in total. The second-order valence-corrected chi connectivity index (χ2v) is 5.42. The summed E-state index contributed by atoms with van der Waals surface area (Å²) in [5.41, 5.74) is 2.51. The predicted molar refractivity (Wildman–Crippen MR) is 89.0 cm³/mol. The molecule has 0 fully saturated rings. The van der Waals surface area contributed by atoms with E-state index in [1.807, 2.05) is 13.8 Å². The first-order chi connectivity index (χ1) is 11.6. The Kier molecular flexibility index (Phi) is 4.05. The van der Waals surface area contributed by atoms with Crippen molar-refractivity contribution in [3.05, 3.63) is 58.5 Å². The summed E-state index contributed by atoms with van der Waals surface area (Å²) in [4.78, 5) is 17.1. The van der Waals surface area contributed by atoms with Gasteiger partial charge in [-0.05, 0) is 30.7 Å². The number of aromatic nitrogens is 1. The fourth-order valence-corrected chi connectivity index (χ4v) is 2.82. The molecule has 3 rings (SSSR count). The second-order valence-electron chi connectivity index (χ2n) is 5.42. The van der Waals surface area contributed by atoms with Gasteiger partial charge in [0.05, 0.1) is 22.9 Å². The Bertz CT molecular complexity index is 980. The topological polar surface area (TPSA) is 87.1 Å². The van der Waals surface area contributed by atoms with E-state index in [9.17, 15) is 9.90 Å². The van der Waals surface area contributed by atoms with Crippen molar-refractivity contribution in [1.82, 2.24) is 4.98 Å². The number of furan rings is 1. The van der Waals surface area contributed by atoms with E-state index in [1.54, 1.807) is 24.3 Å². The molecule has 120 valence electrons. The molecule has 0 amide bonds. The number of benzene rings is 1. The number of hydrogen-bond acceptors (Lipinski definition) is 5. The van der Waals surface area contributed by atoms with Gasteiger partial charge in [-0.3, -0.25) is 4.79 Å². The zero-order chi connectivity index (χ0) is 17.3. The molecule has 0 aliphatic heterocycles. The van der Waals surface area contributed by atoms with Crippen LogP contribution >= 0.6 is 0 Å². The lowest BCUT2D eigenvalue weighted by Crippen LogP contribution is -2.08. The van der Waals surface area contributed by atoms with Crippen molar-refractivity contribution >= 4 is 16.8 Å². The number of nitrogens with zero attached hydrogens (tertiary/aromatic N) is 2. The fraction of sp³-hybridized carbons (Fsp3) is 0.211. The summed E-state index contributed by atoms with van der Waals surface area (Å²) in [5, 5.41) is 19.2. The third-order valence-corrected chi connectivity index (χ3v) is 3.98. The van der Waals surface area contributed by atoms with Crippen LogP contribution in [0.25, 0.3) is 11.0 Å². The van der Waals surface area contributed by atoms with Gasteiger partial charge < -0.3 is 9.52 Å². The zero-order valence-corrected chi connectivity index (χ0v) is 13.5. The number of carbonyl (C=O) groups excluding carboxylic acids is 1. The first-order valence-electron chi connectivity index (χ1n) is 7.78. The van der Waals surface area contributed by atoms with Crippen molar-refractivity contribution < 1.29 is 14.3 Å². The Morgan fingerprint density at radius 2 is 2.04 bits per heavy atom. The summed E-state index contributed by atoms with van der Waals surface area (Å²) in [6.45, 7) is 3.79. The number of nitriles is 1. The van der Waals surface area contributed by atoms with Crippen LogP contribution in [-0.4, -0.2) is 15.9 Å². The Balaban J connectivity index is 2.22. The molecule has 0 aliphatic carbocycles. The quantitative estimate of drug-likeness (QED) is 0.739. The van der Waals surface area contributed by atoms with Gasteiger partial charge in [-0.25, -0.2) is 4.98 Å². The molecule has 1 aromatic carbocycles. The Morgan fingerprint density at radius 1 is 1.25 bits per heavy atom. The maximum atomic E-state index is 13.1. The highest BCUT2D eigenvalue weighted by Crippen LogP contribution is 2.30. The average Bonchev–Trinajstić information content (AvgIpc) is 2.98. The van der Waals surface area contributed by atoms with Gasteiger partial charge in [-0.15, -0.1) is 0 Å². The van der Waals surface area contributed by atoms with Crippen LogP contribution in [0.1, 0.15) is 46.8 Å². The summed E-state index contributed by atoms with van der Waals surface area (Å²) < 4.78 is 5.79. The lowest BCUT2D eigenvalue weighted by molar-refractivity contribution is 0.103. The number of pyridine rings is 1. The minimum absolute atomic E-state index is 0.102. The maximum Gasteiger partial charge on any atom is 0.210 e. The van der Waals surface area contributed by atoms with Gasteiger partial charge in [0.2, 0.25) is 5.88 Å². The molecule has 24 heavy (non-hydrogen) atoms. The number of aromatic hydroxyl groups is 1. The van der Waals surface area contributed by atoms with Crippen LogP contribution in [0.4, 0.5) is 0 Å². The minimum Gasteiger partial charge on any atom is -0.493 e. The molecule has 0 spiro atoms. The summed E-state index contributed by atoms with van der Waals surface area (Å²) in [6, 6.07) is 10.1. The third kappa shape index (κ3) is 2.52. The molecule has 2 aromatic heterocycles. The molecule has 0 unspecified atom stereocenters. The first-order valence-corrected chi connectivity index (χ1v) is 7.78. The standard InChI is InChI=1S/C19H16N2O3/c1-3-14-12(7-8-17(22)21-14)19(23)18-13-6-5-11(10-20)9-16(13)24-15(18)4-2/h5-9H,3-4H2,1-2H3,(H,21,22). The molecular formula is C19H16N2O3. The van der Waals surface area contributed by atoms with E-state index in [0.29, 0.717) is 52.0 Å². The lowest BCUT2D eigenvalue weighted by atomic mass is 9.97. The van der Waals surface area contributed by atoms with Crippen molar-refractivity contribution in [3.63, 3.8) is 0 Å². The van der Waals surface area contributed by atoms with E-state index in [4.69, 9.17) is 9.68 Å². The van der Waals surface area contributed by atoms with Crippen LogP contribution < -0.4 is 0 Å². The van der Waals surface area contributed by atoms with E-state index < -0.39 is 0 Å².